The molecule has 128 valence electrons. The molecule has 2 heterocycles. The third-order valence-corrected chi connectivity index (χ3v) is 4.46. The summed E-state index contributed by atoms with van der Waals surface area (Å²) in [6.07, 6.45) is 15.1. The predicted octanol–water partition coefficient (Wildman–Crippen LogP) is 3.35. The Labute approximate surface area is 138 Å². The minimum absolute atomic E-state index is 0.115. The Kier molecular flexibility index (Phi) is 7.87. The topological polar surface area (TPSA) is 69.2 Å². The van der Waals surface area contributed by atoms with Crippen molar-refractivity contribution in [2.24, 2.45) is 0 Å². The van der Waals surface area contributed by atoms with E-state index in [1.807, 2.05) is 17.0 Å². The van der Waals surface area contributed by atoms with Crippen molar-refractivity contribution >= 4 is 5.91 Å². The van der Waals surface area contributed by atoms with Gasteiger partial charge in [0, 0.05) is 19.3 Å². The van der Waals surface area contributed by atoms with Gasteiger partial charge in [0.1, 0.15) is 0 Å². The van der Waals surface area contributed by atoms with Gasteiger partial charge in [0.15, 0.2) is 0 Å². The van der Waals surface area contributed by atoms with Gasteiger partial charge in [-0.05, 0) is 50.7 Å². The molecule has 0 saturated carbocycles. The molecule has 0 spiro atoms. The highest BCUT2D eigenvalue weighted by atomic mass is 16.2. The molecule has 0 aromatic carbocycles. The number of allylic oxidation sites excluding steroid dienone is 1. The monoisotopic (exact) mass is 319 g/mol. The van der Waals surface area contributed by atoms with Gasteiger partial charge in [-0.25, -0.2) is 0 Å². The van der Waals surface area contributed by atoms with Crippen molar-refractivity contribution in [2.75, 3.05) is 13.2 Å². The van der Waals surface area contributed by atoms with E-state index in [2.05, 4.69) is 10.2 Å². The number of piperidine rings is 1. The molecule has 1 aliphatic heterocycles. The number of H-pyrrole nitrogens is 1. The lowest BCUT2D eigenvalue weighted by molar-refractivity contribution is -0.129. The van der Waals surface area contributed by atoms with Crippen molar-refractivity contribution in [1.29, 1.82) is 0 Å². The molecule has 1 aromatic rings. The number of hydrogen-bond acceptors (Lipinski definition) is 3. The number of aliphatic hydroxyl groups excluding tert-OH is 1. The third kappa shape index (κ3) is 5.82. The largest absolute Gasteiger partial charge is 0.396 e. The molecule has 23 heavy (non-hydrogen) atoms. The molecule has 1 unspecified atom stereocenters. The standard InChI is InChI=1S/C18H29N3O2/c22-15-9-5-3-1-2-4-6-11-18(23)21-14-8-7-10-17(21)16-12-13-19-20-16/h6,11-13,17,22H,1-5,7-10,14-15H2,(H,19,20). The fourth-order valence-electron chi connectivity index (χ4n) is 3.16. The van der Waals surface area contributed by atoms with Gasteiger partial charge in [0.25, 0.3) is 0 Å². The number of hydrogen-bond donors (Lipinski definition) is 2. The maximum atomic E-state index is 12.5. The average molecular weight is 319 g/mol. The highest BCUT2D eigenvalue weighted by molar-refractivity contribution is 5.88. The van der Waals surface area contributed by atoms with Gasteiger partial charge in [0.2, 0.25) is 5.91 Å². The summed E-state index contributed by atoms with van der Waals surface area (Å²) >= 11 is 0. The second-order valence-electron chi connectivity index (χ2n) is 6.24. The number of aromatic amines is 1. The quantitative estimate of drug-likeness (QED) is 0.542. The first-order chi connectivity index (χ1) is 11.3. The molecule has 0 bridgehead atoms. The van der Waals surface area contributed by atoms with E-state index in [9.17, 15) is 4.79 Å². The first kappa shape index (κ1) is 17.7. The summed E-state index contributed by atoms with van der Waals surface area (Å²) in [6.45, 7) is 1.12. The fraction of sp³-hybridized carbons (Fsp3) is 0.667. The van der Waals surface area contributed by atoms with Crippen LogP contribution in [-0.2, 0) is 4.79 Å². The van der Waals surface area contributed by atoms with Crippen LogP contribution in [0.1, 0.15) is 69.5 Å². The van der Waals surface area contributed by atoms with E-state index in [-0.39, 0.29) is 11.9 Å². The number of amides is 1. The summed E-state index contributed by atoms with van der Waals surface area (Å²) in [5, 5.41) is 15.7. The Morgan fingerprint density at radius 2 is 2.13 bits per heavy atom. The number of carbonyl (C=O) groups is 1. The number of nitrogens with zero attached hydrogens (tertiary/aromatic N) is 2. The Bertz CT molecular complexity index is 471. The zero-order valence-corrected chi connectivity index (χ0v) is 13.9. The van der Waals surface area contributed by atoms with Crippen LogP contribution in [-0.4, -0.2) is 39.3 Å². The van der Waals surface area contributed by atoms with Crippen LogP contribution in [0.25, 0.3) is 0 Å². The van der Waals surface area contributed by atoms with Crippen LogP contribution >= 0.6 is 0 Å². The van der Waals surface area contributed by atoms with E-state index in [0.717, 1.165) is 63.6 Å². The van der Waals surface area contributed by atoms with Gasteiger partial charge in [0.05, 0.1) is 11.7 Å². The minimum atomic E-state index is 0.115. The van der Waals surface area contributed by atoms with E-state index >= 15 is 0 Å². The number of likely N-dealkylation sites (tertiary alicyclic amines) is 1. The fourth-order valence-corrected chi connectivity index (χ4v) is 3.16. The van der Waals surface area contributed by atoms with Crippen molar-refractivity contribution in [1.82, 2.24) is 15.1 Å². The third-order valence-electron chi connectivity index (χ3n) is 4.46. The molecular formula is C18H29N3O2. The van der Waals surface area contributed by atoms with Crippen LogP contribution in [0.5, 0.6) is 0 Å². The lowest BCUT2D eigenvalue weighted by Gasteiger charge is -2.34. The Morgan fingerprint density at radius 3 is 2.91 bits per heavy atom. The molecule has 5 nitrogen and oxygen atoms in total. The van der Waals surface area contributed by atoms with Crippen molar-refractivity contribution in [3.05, 3.63) is 30.1 Å². The van der Waals surface area contributed by atoms with Crippen LogP contribution in [0.2, 0.25) is 0 Å². The average Bonchev–Trinajstić information content (AvgIpc) is 3.11. The summed E-state index contributed by atoms with van der Waals surface area (Å²) in [5.74, 6) is 0.115. The number of nitrogens with one attached hydrogen (secondary N) is 1. The Balaban J connectivity index is 1.74. The Morgan fingerprint density at radius 1 is 1.30 bits per heavy atom. The summed E-state index contributed by atoms with van der Waals surface area (Å²) in [7, 11) is 0. The number of unbranched alkanes of at least 4 members (excludes halogenated alkanes) is 5. The maximum absolute atomic E-state index is 12.5. The van der Waals surface area contributed by atoms with E-state index in [4.69, 9.17) is 5.11 Å². The smallest absolute Gasteiger partial charge is 0.246 e. The normalized spacial score (nSPS) is 18.7. The molecule has 1 aromatic heterocycles. The van der Waals surface area contributed by atoms with Gasteiger partial charge in [-0.3, -0.25) is 9.89 Å². The molecule has 0 aliphatic carbocycles. The van der Waals surface area contributed by atoms with E-state index in [1.54, 1.807) is 12.3 Å². The zero-order chi connectivity index (χ0) is 16.3. The van der Waals surface area contributed by atoms with Gasteiger partial charge >= 0.3 is 0 Å². The number of rotatable bonds is 9. The second-order valence-corrected chi connectivity index (χ2v) is 6.24. The maximum Gasteiger partial charge on any atom is 0.246 e. The second kappa shape index (κ2) is 10.2. The lowest BCUT2D eigenvalue weighted by Crippen LogP contribution is -2.37. The Hall–Kier alpha value is -1.62. The lowest BCUT2D eigenvalue weighted by atomic mass is 9.99. The summed E-state index contributed by atoms with van der Waals surface area (Å²) in [6, 6.07) is 2.11. The zero-order valence-electron chi connectivity index (χ0n) is 13.9. The summed E-state index contributed by atoms with van der Waals surface area (Å²) in [5.41, 5.74) is 1.04. The summed E-state index contributed by atoms with van der Waals surface area (Å²) in [4.78, 5) is 14.4. The predicted molar refractivity (Wildman–Crippen MR) is 90.8 cm³/mol. The molecule has 1 atom stereocenters. The van der Waals surface area contributed by atoms with Gasteiger partial charge < -0.3 is 10.0 Å². The van der Waals surface area contributed by atoms with Gasteiger partial charge in [-0.15, -0.1) is 0 Å². The molecule has 1 amide bonds. The molecule has 1 aliphatic rings. The van der Waals surface area contributed by atoms with Crippen LogP contribution in [0.3, 0.4) is 0 Å². The molecule has 2 N–H and O–H groups in total. The van der Waals surface area contributed by atoms with E-state index in [1.165, 1.54) is 6.42 Å². The number of carbonyl (C=O) groups excluding carboxylic acids is 1. The first-order valence-electron chi connectivity index (χ1n) is 8.90. The van der Waals surface area contributed by atoms with E-state index < -0.39 is 0 Å². The van der Waals surface area contributed by atoms with Crippen LogP contribution < -0.4 is 0 Å². The molecule has 1 saturated heterocycles. The van der Waals surface area contributed by atoms with Crippen molar-refractivity contribution in [2.45, 2.75) is 63.8 Å². The van der Waals surface area contributed by atoms with Crippen molar-refractivity contribution in [3.8, 4) is 0 Å². The number of aromatic nitrogens is 2. The van der Waals surface area contributed by atoms with Crippen molar-refractivity contribution in [3.63, 3.8) is 0 Å². The molecule has 2 rings (SSSR count). The van der Waals surface area contributed by atoms with Crippen LogP contribution in [0, 0.1) is 0 Å². The minimum Gasteiger partial charge on any atom is -0.396 e. The van der Waals surface area contributed by atoms with Crippen LogP contribution in [0.4, 0.5) is 0 Å². The van der Waals surface area contributed by atoms with Gasteiger partial charge in [-0.1, -0.05) is 25.3 Å². The molecule has 0 radical (unpaired) electrons. The van der Waals surface area contributed by atoms with Crippen LogP contribution in [0.15, 0.2) is 24.4 Å². The molecule has 5 heteroatoms. The first-order valence-corrected chi connectivity index (χ1v) is 8.90. The summed E-state index contributed by atoms with van der Waals surface area (Å²) < 4.78 is 0. The van der Waals surface area contributed by atoms with E-state index in [0.29, 0.717) is 6.61 Å². The highest BCUT2D eigenvalue weighted by Gasteiger charge is 2.27. The molecule has 1 fully saturated rings. The number of aliphatic hydroxyl groups is 1. The van der Waals surface area contributed by atoms with Gasteiger partial charge in [-0.2, -0.15) is 5.10 Å². The SMILES string of the molecule is O=C(C=CCCCCCCCO)N1CCCCC1c1ccn[nH]1. The molecular weight excluding hydrogens is 290 g/mol. The van der Waals surface area contributed by atoms with Crippen molar-refractivity contribution < 1.29 is 9.90 Å². The highest BCUT2D eigenvalue weighted by Crippen LogP contribution is 2.29.